The molecule has 1 atom stereocenters. The second-order valence-corrected chi connectivity index (χ2v) is 6.25. The van der Waals surface area contributed by atoms with Crippen molar-refractivity contribution in [3.63, 3.8) is 0 Å². The van der Waals surface area contributed by atoms with Gasteiger partial charge in [0, 0.05) is 23.0 Å². The van der Waals surface area contributed by atoms with Gasteiger partial charge < -0.3 is 5.32 Å². The van der Waals surface area contributed by atoms with E-state index in [0.29, 0.717) is 10.9 Å². The maximum absolute atomic E-state index is 14.3. The summed E-state index contributed by atoms with van der Waals surface area (Å²) < 4.78 is 14.3. The van der Waals surface area contributed by atoms with Gasteiger partial charge >= 0.3 is 0 Å². The van der Waals surface area contributed by atoms with Gasteiger partial charge in [-0.15, -0.1) is 0 Å². The minimum atomic E-state index is -0.147. The van der Waals surface area contributed by atoms with Crippen LogP contribution in [-0.2, 0) is 0 Å². The molecule has 0 saturated heterocycles. The minimum absolute atomic E-state index is 0.147. The van der Waals surface area contributed by atoms with Gasteiger partial charge in [-0.05, 0) is 43.9 Å². The SMILES string of the molecule is CCCNCC(c1c(F)cccc1Cl)C1CCCCC1. The third-order valence-electron chi connectivity index (χ3n) is 4.38. The van der Waals surface area contributed by atoms with E-state index in [9.17, 15) is 4.39 Å². The third kappa shape index (κ3) is 3.95. The van der Waals surface area contributed by atoms with Crippen LogP contribution >= 0.6 is 11.6 Å². The minimum Gasteiger partial charge on any atom is -0.316 e. The number of nitrogens with one attached hydrogen (secondary N) is 1. The van der Waals surface area contributed by atoms with Crippen LogP contribution in [0.2, 0.25) is 5.02 Å². The first-order valence-corrected chi connectivity index (χ1v) is 8.26. The molecule has 0 aliphatic heterocycles. The van der Waals surface area contributed by atoms with E-state index >= 15 is 0 Å². The maximum Gasteiger partial charge on any atom is 0.128 e. The van der Waals surface area contributed by atoms with Gasteiger partial charge in [-0.2, -0.15) is 0 Å². The quantitative estimate of drug-likeness (QED) is 0.717. The molecule has 0 heterocycles. The van der Waals surface area contributed by atoms with E-state index in [0.717, 1.165) is 25.1 Å². The van der Waals surface area contributed by atoms with Crippen LogP contribution in [0.5, 0.6) is 0 Å². The second-order valence-electron chi connectivity index (χ2n) is 5.84. The Hall–Kier alpha value is -0.600. The molecule has 1 aliphatic carbocycles. The lowest BCUT2D eigenvalue weighted by atomic mass is 9.76. The fourth-order valence-corrected chi connectivity index (χ4v) is 3.64. The summed E-state index contributed by atoms with van der Waals surface area (Å²) in [6, 6.07) is 5.05. The van der Waals surface area contributed by atoms with E-state index in [1.165, 1.54) is 38.2 Å². The smallest absolute Gasteiger partial charge is 0.128 e. The zero-order chi connectivity index (χ0) is 14.4. The first-order chi connectivity index (χ1) is 9.74. The van der Waals surface area contributed by atoms with Crippen molar-refractivity contribution in [3.05, 3.63) is 34.6 Å². The molecule has 20 heavy (non-hydrogen) atoms. The Morgan fingerprint density at radius 1 is 1.30 bits per heavy atom. The summed E-state index contributed by atoms with van der Waals surface area (Å²) in [5.74, 6) is 0.615. The number of rotatable bonds is 6. The third-order valence-corrected chi connectivity index (χ3v) is 4.71. The number of halogens is 2. The predicted molar refractivity (Wildman–Crippen MR) is 83.9 cm³/mol. The average Bonchev–Trinajstić information content (AvgIpc) is 2.46. The Bertz CT molecular complexity index is 395. The molecular formula is C17H25ClFN. The van der Waals surface area contributed by atoms with Crippen LogP contribution in [0.25, 0.3) is 0 Å². The van der Waals surface area contributed by atoms with Crippen molar-refractivity contribution >= 4 is 11.6 Å². The van der Waals surface area contributed by atoms with Gasteiger partial charge in [0.05, 0.1) is 0 Å². The maximum atomic E-state index is 14.3. The normalized spacial score (nSPS) is 18.1. The molecule has 1 aromatic carbocycles. The fraction of sp³-hybridized carbons (Fsp3) is 0.647. The summed E-state index contributed by atoms with van der Waals surface area (Å²) in [6.07, 6.45) is 7.34. The predicted octanol–water partition coefficient (Wildman–Crippen LogP) is 5.14. The Morgan fingerprint density at radius 2 is 2.05 bits per heavy atom. The van der Waals surface area contributed by atoms with Crippen LogP contribution < -0.4 is 5.32 Å². The molecule has 3 heteroatoms. The molecule has 1 N–H and O–H groups in total. The standard InChI is InChI=1S/C17H25ClFN/c1-2-11-20-12-14(13-7-4-3-5-8-13)17-15(18)9-6-10-16(17)19/h6,9-10,13-14,20H,2-5,7-8,11-12H2,1H3. The highest BCUT2D eigenvalue weighted by Gasteiger charge is 2.28. The summed E-state index contributed by atoms with van der Waals surface area (Å²) in [5.41, 5.74) is 0.727. The van der Waals surface area contributed by atoms with Crippen LogP contribution in [0.15, 0.2) is 18.2 Å². The first-order valence-electron chi connectivity index (χ1n) is 7.88. The zero-order valence-corrected chi connectivity index (χ0v) is 13.1. The first kappa shape index (κ1) is 15.8. The van der Waals surface area contributed by atoms with Crippen LogP contribution in [0, 0.1) is 11.7 Å². The Labute approximate surface area is 126 Å². The molecule has 0 amide bonds. The molecule has 1 aliphatic rings. The molecule has 0 aromatic heterocycles. The monoisotopic (exact) mass is 297 g/mol. The van der Waals surface area contributed by atoms with Crippen LogP contribution in [0.3, 0.4) is 0 Å². The van der Waals surface area contributed by atoms with Gasteiger partial charge in [0.25, 0.3) is 0 Å². The summed E-state index contributed by atoms with van der Waals surface area (Å²) >= 11 is 6.29. The van der Waals surface area contributed by atoms with Gasteiger partial charge in [0.2, 0.25) is 0 Å². The molecule has 1 saturated carbocycles. The molecule has 0 radical (unpaired) electrons. The summed E-state index contributed by atoms with van der Waals surface area (Å²) in [4.78, 5) is 0. The molecule has 2 rings (SSSR count). The van der Waals surface area contributed by atoms with Crippen LogP contribution in [0.4, 0.5) is 4.39 Å². The highest BCUT2D eigenvalue weighted by molar-refractivity contribution is 6.31. The van der Waals surface area contributed by atoms with Crippen molar-refractivity contribution in [3.8, 4) is 0 Å². The van der Waals surface area contributed by atoms with E-state index in [1.54, 1.807) is 6.07 Å². The molecule has 112 valence electrons. The highest BCUT2D eigenvalue weighted by Crippen LogP contribution is 2.39. The van der Waals surface area contributed by atoms with E-state index < -0.39 is 0 Å². The van der Waals surface area contributed by atoms with Crippen molar-refractivity contribution in [2.24, 2.45) is 5.92 Å². The van der Waals surface area contributed by atoms with Crippen molar-refractivity contribution < 1.29 is 4.39 Å². The van der Waals surface area contributed by atoms with E-state index in [1.807, 2.05) is 6.07 Å². The van der Waals surface area contributed by atoms with Gasteiger partial charge in [0.1, 0.15) is 5.82 Å². The summed E-state index contributed by atoms with van der Waals surface area (Å²) in [5, 5.41) is 4.04. The van der Waals surface area contributed by atoms with Crippen LogP contribution in [-0.4, -0.2) is 13.1 Å². The van der Waals surface area contributed by atoms with E-state index in [-0.39, 0.29) is 11.7 Å². The largest absolute Gasteiger partial charge is 0.316 e. The van der Waals surface area contributed by atoms with Gasteiger partial charge in [-0.1, -0.05) is 43.9 Å². The fourth-order valence-electron chi connectivity index (χ4n) is 3.34. The molecule has 0 spiro atoms. The number of hydrogen-bond acceptors (Lipinski definition) is 1. The van der Waals surface area contributed by atoms with Crippen molar-refractivity contribution in [1.29, 1.82) is 0 Å². The lowest BCUT2D eigenvalue weighted by Gasteiger charge is -2.31. The van der Waals surface area contributed by atoms with Gasteiger partial charge in [0.15, 0.2) is 0 Å². The highest BCUT2D eigenvalue weighted by atomic mass is 35.5. The van der Waals surface area contributed by atoms with Crippen molar-refractivity contribution in [1.82, 2.24) is 5.32 Å². The second kappa shape index (κ2) is 7.99. The van der Waals surface area contributed by atoms with E-state index in [2.05, 4.69) is 12.2 Å². The molecule has 0 bridgehead atoms. The topological polar surface area (TPSA) is 12.0 Å². The Morgan fingerprint density at radius 3 is 2.70 bits per heavy atom. The molecule has 1 unspecified atom stereocenters. The lowest BCUT2D eigenvalue weighted by Crippen LogP contribution is -2.29. The number of hydrogen-bond donors (Lipinski definition) is 1. The van der Waals surface area contributed by atoms with Gasteiger partial charge in [-0.25, -0.2) is 4.39 Å². The number of benzene rings is 1. The Balaban J connectivity index is 2.20. The Kier molecular flexibility index (Phi) is 6.31. The summed E-state index contributed by atoms with van der Waals surface area (Å²) in [6.45, 7) is 3.97. The van der Waals surface area contributed by atoms with Crippen LogP contribution in [0.1, 0.15) is 56.9 Å². The van der Waals surface area contributed by atoms with Gasteiger partial charge in [-0.3, -0.25) is 0 Å². The lowest BCUT2D eigenvalue weighted by molar-refractivity contribution is 0.292. The van der Waals surface area contributed by atoms with Crippen molar-refractivity contribution in [2.75, 3.05) is 13.1 Å². The van der Waals surface area contributed by atoms with Crippen molar-refractivity contribution in [2.45, 2.75) is 51.4 Å². The molecule has 1 aromatic rings. The molecule has 1 fully saturated rings. The molecular weight excluding hydrogens is 273 g/mol. The van der Waals surface area contributed by atoms with E-state index in [4.69, 9.17) is 11.6 Å². The zero-order valence-electron chi connectivity index (χ0n) is 12.3. The average molecular weight is 298 g/mol. The summed E-state index contributed by atoms with van der Waals surface area (Å²) in [7, 11) is 0. The molecule has 1 nitrogen and oxygen atoms in total.